The van der Waals surface area contributed by atoms with Crippen LogP contribution in [0.15, 0.2) is 12.1 Å². The van der Waals surface area contributed by atoms with Gasteiger partial charge in [-0.2, -0.15) is 0 Å². The maximum Gasteiger partial charge on any atom is 0.194 e. The average Bonchev–Trinajstić information content (AvgIpc) is 2.60. The molecule has 96 valence electrons. The molecular formula is C11H13ClF3NO. The van der Waals surface area contributed by atoms with E-state index in [-0.39, 0.29) is 30.3 Å². The SMILES string of the molecule is Cl.NC1CCC(Oc2cc(F)c(F)c(F)c2)C1. The van der Waals surface area contributed by atoms with Crippen molar-refractivity contribution in [3.8, 4) is 5.75 Å². The molecule has 2 unspecified atom stereocenters. The van der Waals surface area contributed by atoms with Gasteiger partial charge < -0.3 is 10.5 Å². The van der Waals surface area contributed by atoms with Crippen LogP contribution in [0.5, 0.6) is 5.75 Å². The molecule has 0 aromatic heterocycles. The molecule has 0 bridgehead atoms. The molecule has 0 saturated heterocycles. The Bertz CT molecular complexity index is 379. The monoisotopic (exact) mass is 267 g/mol. The Kier molecular flexibility index (Phi) is 4.65. The minimum absolute atomic E-state index is 0. The van der Waals surface area contributed by atoms with Gasteiger partial charge in [0.15, 0.2) is 17.5 Å². The first-order chi connectivity index (χ1) is 7.56. The lowest BCUT2D eigenvalue weighted by atomic mass is 10.2. The third-order valence-corrected chi connectivity index (χ3v) is 2.69. The van der Waals surface area contributed by atoms with Crippen LogP contribution in [0.3, 0.4) is 0 Å². The first-order valence-electron chi connectivity index (χ1n) is 5.13. The molecule has 0 amide bonds. The Morgan fingerprint density at radius 1 is 1.12 bits per heavy atom. The van der Waals surface area contributed by atoms with Gasteiger partial charge in [-0.15, -0.1) is 12.4 Å². The highest BCUT2D eigenvalue weighted by Gasteiger charge is 2.24. The van der Waals surface area contributed by atoms with Crippen LogP contribution in [0.1, 0.15) is 19.3 Å². The van der Waals surface area contributed by atoms with Crippen LogP contribution in [0.25, 0.3) is 0 Å². The van der Waals surface area contributed by atoms with Crippen molar-refractivity contribution < 1.29 is 17.9 Å². The minimum atomic E-state index is -1.48. The third kappa shape index (κ3) is 3.26. The number of rotatable bonds is 2. The van der Waals surface area contributed by atoms with Gasteiger partial charge in [0, 0.05) is 18.2 Å². The van der Waals surface area contributed by atoms with Crippen molar-refractivity contribution >= 4 is 12.4 Å². The Morgan fingerprint density at radius 3 is 2.18 bits per heavy atom. The van der Waals surface area contributed by atoms with Gasteiger partial charge in [-0.25, -0.2) is 13.2 Å². The van der Waals surface area contributed by atoms with Crippen molar-refractivity contribution in [2.75, 3.05) is 0 Å². The lowest BCUT2D eigenvalue weighted by molar-refractivity contribution is 0.205. The molecule has 2 rings (SSSR count). The normalized spacial score (nSPS) is 23.3. The fourth-order valence-corrected chi connectivity index (χ4v) is 1.87. The molecule has 1 aromatic rings. The molecular weight excluding hydrogens is 255 g/mol. The van der Waals surface area contributed by atoms with Gasteiger partial charge in [-0.05, 0) is 19.3 Å². The fourth-order valence-electron chi connectivity index (χ4n) is 1.87. The number of halogens is 4. The number of nitrogens with two attached hydrogens (primary N) is 1. The van der Waals surface area contributed by atoms with E-state index in [1.54, 1.807) is 0 Å². The van der Waals surface area contributed by atoms with Crippen LogP contribution in [-0.2, 0) is 0 Å². The van der Waals surface area contributed by atoms with E-state index in [0.717, 1.165) is 25.0 Å². The van der Waals surface area contributed by atoms with Crippen molar-refractivity contribution in [1.29, 1.82) is 0 Å². The minimum Gasteiger partial charge on any atom is -0.490 e. The van der Waals surface area contributed by atoms with E-state index < -0.39 is 17.5 Å². The molecule has 0 aliphatic heterocycles. The molecule has 1 saturated carbocycles. The molecule has 0 heterocycles. The summed E-state index contributed by atoms with van der Waals surface area (Å²) in [5.74, 6) is -3.94. The summed E-state index contributed by atoms with van der Waals surface area (Å²) < 4.78 is 43.7. The van der Waals surface area contributed by atoms with Crippen molar-refractivity contribution in [3.63, 3.8) is 0 Å². The molecule has 1 aliphatic carbocycles. The number of hydrogen-bond acceptors (Lipinski definition) is 2. The highest BCUT2D eigenvalue weighted by atomic mass is 35.5. The van der Waals surface area contributed by atoms with Crippen molar-refractivity contribution in [2.24, 2.45) is 5.73 Å². The topological polar surface area (TPSA) is 35.2 Å². The molecule has 0 spiro atoms. The Labute approximate surface area is 103 Å². The Morgan fingerprint density at radius 2 is 1.71 bits per heavy atom. The Balaban J connectivity index is 0.00000144. The van der Waals surface area contributed by atoms with E-state index in [4.69, 9.17) is 10.5 Å². The quantitative estimate of drug-likeness (QED) is 0.837. The van der Waals surface area contributed by atoms with Gasteiger partial charge in [-0.1, -0.05) is 0 Å². The molecule has 0 radical (unpaired) electrons. The molecule has 1 aliphatic rings. The molecule has 6 heteroatoms. The highest BCUT2D eigenvalue weighted by Crippen LogP contribution is 2.25. The standard InChI is InChI=1S/C11H12F3NO.ClH/c12-9-4-8(5-10(13)11(9)14)16-7-2-1-6(15)3-7;/h4-7H,1-3,15H2;1H. The van der Waals surface area contributed by atoms with Crippen molar-refractivity contribution in [2.45, 2.75) is 31.4 Å². The van der Waals surface area contributed by atoms with E-state index in [9.17, 15) is 13.2 Å². The van der Waals surface area contributed by atoms with Crippen molar-refractivity contribution in [1.82, 2.24) is 0 Å². The molecule has 2 N–H and O–H groups in total. The van der Waals surface area contributed by atoms with Crippen LogP contribution in [-0.4, -0.2) is 12.1 Å². The summed E-state index contributed by atoms with van der Waals surface area (Å²) in [5, 5.41) is 0. The molecule has 2 nitrogen and oxygen atoms in total. The molecule has 1 aromatic carbocycles. The number of benzene rings is 1. The zero-order chi connectivity index (χ0) is 11.7. The average molecular weight is 268 g/mol. The summed E-state index contributed by atoms with van der Waals surface area (Å²) in [5.41, 5.74) is 5.67. The number of ether oxygens (including phenoxy) is 1. The lowest BCUT2D eigenvalue weighted by Gasteiger charge is -2.13. The summed E-state index contributed by atoms with van der Waals surface area (Å²) >= 11 is 0. The van der Waals surface area contributed by atoms with Gasteiger partial charge in [0.1, 0.15) is 11.9 Å². The van der Waals surface area contributed by atoms with Crippen LogP contribution >= 0.6 is 12.4 Å². The summed E-state index contributed by atoms with van der Waals surface area (Å²) in [6.45, 7) is 0. The second kappa shape index (κ2) is 5.60. The summed E-state index contributed by atoms with van der Waals surface area (Å²) in [6, 6.07) is 1.77. The van der Waals surface area contributed by atoms with E-state index in [1.807, 2.05) is 0 Å². The molecule has 17 heavy (non-hydrogen) atoms. The maximum absolute atomic E-state index is 12.9. The van der Waals surface area contributed by atoms with Crippen LogP contribution in [0, 0.1) is 17.5 Å². The molecule has 2 atom stereocenters. The van der Waals surface area contributed by atoms with E-state index in [0.29, 0.717) is 6.42 Å². The van der Waals surface area contributed by atoms with Crippen LogP contribution in [0.4, 0.5) is 13.2 Å². The first-order valence-corrected chi connectivity index (χ1v) is 5.13. The first kappa shape index (κ1) is 14.1. The predicted octanol–water partition coefficient (Wildman–Crippen LogP) is 2.78. The highest BCUT2D eigenvalue weighted by molar-refractivity contribution is 5.85. The van der Waals surface area contributed by atoms with E-state index >= 15 is 0 Å². The van der Waals surface area contributed by atoms with E-state index in [2.05, 4.69) is 0 Å². The predicted molar refractivity (Wildman–Crippen MR) is 59.8 cm³/mol. The van der Waals surface area contributed by atoms with Crippen LogP contribution in [0.2, 0.25) is 0 Å². The Hall–Kier alpha value is -0.940. The zero-order valence-corrected chi connectivity index (χ0v) is 9.77. The second-order valence-electron chi connectivity index (χ2n) is 4.01. The fraction of sp³-hybridized carbons (Fsp3) is 0.455. The smallest absolute Gasteiger partial charge is 0.194 e. The van der Waals surface area contributed by atoms with Gasteiger partial charge in [0.25, 0.3) is 0 Å². The van der Waals surface area contributed by atoms with Gasteiger partial charge >= 0.3 is 0 Å². The summed E-state index contributed by atoms with van der Waals surface area (Å²) in [6.07, 6.45) is 2.10. The second-order valence-corrected chi connectivity index (χ2v) is 4.01. The van der Waals surface area contributed by atoms with Gasteiger partial charge in [0.05, 0.1) is 0 Å². The third-order valence-electron chi connectivity index (χ3n) is 2.69. The summed E-state index contributed by atoms with van der Waals surface area (Å²) in [4.78, 5) is 0. The van der Waals surface area contributed by atoms with Crippen LogP contribution < -0.4 is 10.5 Å². The maximum atomic E-state index is 12.9. The largest absolute Gasteiger partial charge is 0.490 e. The zero-order valence-electron chi connectivity index (χ0n) is 8.96. The van der Waals surface area contributed by atoms with Gasteiger partial charge in [-0.3, -0.25) is 0 Å². The van der Waals surface area contributed by atoms with E-state index in [1.165, 1.54) is 0 Å². The summed E-state index contributed by atoms with van der Waals surface area (Å²) in [7, 11) is 0. The van der Waals surface area contributed by atoms with Crippen molar-refractivity contribution in [3.05, 3.63) is 29.6 Å². The lowest BCUT2D eigenvalue weighted by Crippen LogP contribution is -2.19. The molecule has 1 fully saturated rings. The number of hydrogen-bond donors (Lipinski definition) is 1. The van der Waals surface area contributed by atoms with Gasteiger partial charge in [0.2, 0.25) is 0 Å².